The van der Waals surface area contributed by atoms with E-state index >= 15 is 0 Å². The summed E-state index contributed by atoms with van der Waals surface area (Å²) in [5.74, 6) is 0.914. The highest BCUT2D eigenvalue weighted by Gasteiger charge is 2.10. The van der Waals surface area contributed by atoms with Crippen molar-refractivity contribution in [3.05, 3.63) is 47.8 Å². The molecule has 0 saturated heterocycles. The van der Waals surface area contributed by atoms with Crippen molar-refractivity contribution in [1.29, 1.82) is 0 Å². The van der Waals surface area contributed by atoms with Gasteiger partial charge in [-0.05, 0) is 29.8 Å². The lowest BCUT2D eigenvalue weighted by Gasteiger charge is -2.11. The number of ether oxygens (including phenoxy) is 2. The van der Waals surface area contributed by atoms with Crippen LogP contribution in [0.3, 0.4) is 0 Å². The zero-order valence-corrected chi connectivity index (χ0v) is 11.4. The maximum Gasteiger partial charge on any atom is 0.163 e. The Bertz CT molecular complexity index is 625. The molecule has 0 fully saturated rings. The van der Waals surface area contributed by atoms with Crippen LogP contribution >= 0.6 is 0 Å². The second-order valence-electron chi connectivity index (χ2n) is 4.88. The zero-order valence-electron chi connectivity index (χ0n) is 11.4. The Hall–Kier alpha value is -2.43. The van der Waals surface area contributed by atoms with Gasteiger partial charge in [-0.25, -0.2) is 4.39 Å². The molecule has 4 nitrogen and oxygen atoms in total. The van der Waals surface area contributed by atoms with Crippen molar-refractivity contribution >= 4 is 5.69 Å². The molecule has 2 aromatic carbocycles. The van der Waals surface area contributed by atoms with Gasteiger partial charge in [-0.15, -0.1) is 0 Å². The van der Waals surface area contributed by atoms with Crippen molar-refractivity contribution in [3.63, 3.8) is 0 Å². The largest absolute Gasteiger partial charge is 0.508 e. The standard InChI is InChI=1S/C16H16FNO3/c17-12-6-11(7-14(19)8-12)10-18-13-2-3-15-16(9-13)21-5-1-4-20-15/h2-3,6-9,18-19H,1,4-5,10H2. The number of anilines is 1. The molecule has 2 N–H and O–H groups in total. The molecule has 0 radical (unpaired) electrons. The van der Waals surface area contributed by atoms with Crippen LogP contribution < -0.4 is 14.8 Å². The quantitative estimate of drug-likeness (QED) is 0.910. The third kappa shape index (κ3) is 3.37. The van der Waals surface area contributed by atoms with Crippen LogP contribution in [-0.4, -0.2) is 18.3 Å². The maximum absolute atomic E-state index is 13.2. The Kier molecular flexibility index (Phi) is 3.81. The number of hydrogen-bond acceptors (Lipinski definition) is 4. The van der Waals surface area contributed by atoms with Crippen LogP contribution in [0.15, 0.2) is 36.4 Å². The lowest BCUT2D eigenvalue weighted by Crippen LogP contribution is -2.00. The Morgan fingerprint density at radius 2 is 1.86 bits per heavy atom. The summed E-state index contributed by atoms with van der Waals surface area (Å²) in [6.45, 7) is 1.70. The molecular weight excluding hydrogens is 273 g/mol. The van der Waals surface area contributed by atoms with E-state index in [1.165, 1.54) is 12.1 Å². The van der Waals surface area contributed by atoms with Gasteiger partial charge in [0, 0.05) is 30.8 Å². The molecule has 0 saturated carbocycles. The summed E-state index contributed by atoms with van der Waals surface area (Å²) < 4.78 is 24.4. The summed E-state index contributed by atoms with van der Waals surface area (Å²) in [4.78, 5) is 0. The van der Waals surface area contributed by atoms with Gasteiger partial charge in [-0.2, -0.15) is 0 Å². The van der Waals surface area contributed by atoms with Gasteiger partial charge in [0.15, 0.2) is 11.5 Å². The molecule has 0 atom stereocenters. The first kappa shape index (κ1) is 13.5. The van der Waals surface area contributed by atoms with Gasteiger partial charge in [-0.1, -0.05) is 0 Å². The molecule has 0 bridgehead atoms. The van der Waals surface area contributed by atoms with Gasteiger partial charge in [0.2, 0.25) is 0 Å². The molecule has 0 aliphatic carbocycles. The molecule has 0 aromatic heterocycles. The van der Waals surface area contributed by atoms with Crippen LogP contribution in [0, 0.1) is 5.82 Å². The van der Waals surface area contributed by atoms with Crippen molar-refractivity contribution in [2.24, 2.45) is 0 Å². The Morgan fingerprint density at radius 3 is 2.67 bits per heavy atom. The molecule has 0 unspecified atom stereocenters. The number of halogens is 1. The molecule has 0 spiro atoms. The molecule has 1 aliphatic heterocycles. The Morgan fingerprint density at radius 1 is 1.05 bits per heavy atom. The summed E-state index contributed by atoms with van der Waals surface area (Å²) in [7, 11) is 0. The van der Waals surface area contributed by atoms with E-state index in [0.29, 0.717) is 31.1 Å². The fourth-order valence-corrected chi connectivity index (χ4v) is 2.21. The predicted molar refractivity (Wildman–Crippen MR) is 77.4 cm³/mol. The number of fused-ring (bicyclic) bond motifs is 1. The zero-order chi connectivity index (χ0) is 14.7. The van der Waals surface area contributed by atoms with Crippen LogP contribution in [0.2, 0.25) is 0 Å². The number of benzene rings is 2. The number of phenols is 1. The Labute approximate surface area is 122 Å². The third-order valence-electron chi connectivity index (χ3n) is 3.19. The van der Waals surface area contributed by atoms with E-state index in [9.17, 15) is 9.50 Å². The van der Waals surface area contributed by atoms with Gasteiger partial charge in [0.1, 0.15) is 11.6 Å². The average molecular weight is 289 g/mol. The molecule has 0 amide bonds. The summed E-state index contributed by atoms with van der Waals surface area (Å²) >= 11 is 0. The second-order valence-corrected chi connectivity index (χ2v) is 4.88. The second kappa shape index (κ2) is 5.91. The number of rotatable bonds is 3. The fourth-order valence-electron chi connectivity index (χ4n) is 2.21. The summed E-state index contributed by atoms with van der Waals surface area (Å²) in [6.07, 6.45) is 0.861. The molecular formula is C16H16FNO3. The number of aromatic hydroxyl groups is 1. The van der Waals surface area contributed by atoms with Crippen LogP contribution in [0.4, 0.5) is 10.1 Å². The van der Waals surface area contributed by atoms with Gasteiger partial charge < -0.3 is 19.9 Å². The first-order valence-corrected chi connectivity index (χ1v) is 6.83. The van der Waals surface area contributed by atoms with Crippen LogP contribution in [-0.2, 0) is 6.54 Å². The lowest BCUT2D eigenvalue weighted by molar-refractivity contribution is 0.297. The predicted octanol–water partition coefficient (Wildman–Crippen LogP) is 3.30. The van der Waals surface area contributed by atoms with E-state index in [2.05, 4.69) is 5.32 Å². The van der Waals surface area contributed by atoms with Crippen molar-refractivity contribution in [3.8, 4) is 17.2 Å². The molecule has 3 rings (SSSR count). The monoisotopic (exact) mass is 289 g/mol. The van der Waals surface area contributed by atoms with E-state index in [1.54, 1.807) is 0 Å². The van der Waals surface area contributed by atoms with Crippen molar-refractivity contribution < 1.29 is 19.0 Å². The van der Waals surface area contributed by atoms with Crippen LogP contribution in [0.5, 0.6) is 17.2 Å². The third-order valence-corrected chi connectivity index (χ3v) is 3.19. The molecule has 21 heavy (non-hydrogen) atoms. The van der Waals surface area contributed by atoms with Crippen LogP contribution in [0.1, 0.15) is 12.0 Å². The Balaban J connectivity index is 1.71. The molecule has 1 aliphatic rings. The summed E-state index contributed by atoms with van der Waals surface area (Å²) in [5, 5.41) is 12.5. The molecule has 110 valence electrons. The number of nitrogens with one attached hydrogen (secondary N) is 1. The first-order valence-electron chi connectivity index (χ1n) is 6.83. The van der Waals surface area contributed by atoms with E-state index in [-0.39, 0.29) is 5.75 Å². The van der Waals surface area contributed by atoms with Crippen LogP contribution in [0.25, 0.3) is 0 Å². The van der Waals surface area contributed by atoms with Gasteiger partial charge in [0.05, 0.1) is 13.2 Å². The average Bonchev–Trinajstić information content (AvgIpc) is 2.68. The smallest absolute Gasteiger partial charge is 0.163 e. The van der Waals surface area contributed by atoms with E-state index in [1.807, 2.05) is 18.2 Å². The molecule has 2 aromatic rings. The number of hydrogen-bond donors (Lipinski definition) is 2. The SMILES string of the molecule is Oc1cc(F)cc(CNc2ccc3c(c2)OCCCO3)c1. The topological polar surface area (TPSA) is 50.7 Å². The van der Waals surface area contributed by atoms with Gasteiger partial charge >= 0.3 is 0 Å². The lowest BCUT2D eigenvalue weighted by atomic mass is 10.2. The highest BCUT2D eigenvalue weighted by Crippen LogP contribution is 2.32. The van der Waals surface area contributed by atoms with Crippen molar-refractivity contribution in [2.45, 2.75) is 13.0 Å². The van der Waals surface area contributed by atoms with E-state index in [4.69, 9.17) is 9.47 Å². The van der Waals surface area contributed by atoms with Gasteiger partial charge in [-0.3, -0.25) is 0 Å². The minimum atomic E-state index is -0.453. The molecule has 5 heteroatoms. The fraction of sp³-hybridized carbons (Fsp3) is 0.250. The maximum atomic E-state index is 13.2. The number of phenolic OH excluding ortho intramolecular Hbond substituents is 1. The van der Waals surface area contributed by atoms with E-state index < -0.39 is 5.82 Å². The molecule has 1 heterocycles. The van der Waals surface area contributed by atoms with Crippen molar-refractivity contribution in [1.82, 2.24) is 0 Å². The minimum Gasteiger partial charge on any atom is -0.508 e. The highest BCUT2D eigenvalue weighted by molar-refractivity contribution is 5.55. The highest BCUT2D eigenvalue weighted by atomic mass is 19.1. The normalized spacial score (nSPS) is 13.6. The minimum absolute atomic E-state index is 0.0783. The first-order chi connectivity index (χ1) is 10.2. The van der Waals surface area contributed by atoms with E-state index in [0.717, 1.165) is 23.9 Å². The summed E-state index contributed by atoms with van der Waals surface area (Å²) in [5.41, 5.74) is 1.52. The van der Waals surface area contributed by atoms with Gasteiger partial charge in [0.25, 0.3) is 0 Å². The summed E-state index contributed by atoms with van der Waals surface area (Å²) in [6, 6.07) is 9.59. The van der Waals surface area contributed by atoms with Crippen molar-refractivity contribution in [2.75, 3.05) is 18.5 Å².